The molecular formula is C13H22N2O2S. The molecule has 1 aromatic rings. The number of nitrogens with one attached hydrogen (secondary N) is 2. The van der Waals surface area contributed by atoms with Gasteiger partial charge in [0.05, 0.1) is 5.69 Å². The maximum atomic E-state index is 11.0. The predicted octanol–water partition coefficient (Wildman–Crippen LogP) is 2.61. The van der Waals surface area contributed by atoms with Crippen molar-refractivity contribution in [1.82, 2.24) is 5.32 Å². The number of amides is 1. The zero-order chi connectivity index (χ0) is 13.2. The molecular weight excluding hydrogens is 248 g/mol. The summed E-state index contributed by atoms with van der Waals surface area (Å²) in [5.74, 6) is -0.0192. The number of hydrogen-bond acceptors (Lipinski definition) is 4. The second-order valence-electron chi connectivity index (χ2n) is 4.17. The minimum Gasteiger partial charge on any atom is -0.385 e. The summed E-state index contributed by atoms with van der Waals surface area (Å²) in [7, 11) is 1.73. The fourth-order valence-corrected chi connectivity index (χ4v) is 2.45. The van der Waals surface area contributed by atoms with Gasteiger partial charge in [-0.25, -0.2) is 0 Å². The molecule has 0 saturated heterocycles. The molecule has 0 radical (unpaired) electrons. The predicted molar refractivity (Wildman–Crippen MR) is 76.1 cm³/mol. The maximum absolute atomic E-state index is 11.0. The van der Waals surface area contributed by atoms with Crippen molar-refractivity contribution in [3.63, 3.8) is 0 Å². The molecule has 0 fully saturated rings. The highest BCUT2D eigenvalue weighted by molar-refractivity contribution is 7.10. The van der Waals surface area contributed by atoms with Crippen LogP contribution in [0.4, 0.5) is 5.69 Å². The number of carbonyl (C=O) groups excluding carboxylic acids is 1. The van der Waals surface area contributed by atoms with Crippen molar-refractivity contribution in [3.05, 3.63) is 16.3 Å². The zero-order valence-electron chi connectivity index (χ0n) is 11.1. The van der Waals surface area contributed by atoms with Gasteiger partial charge in [-0.3, -0.25) is 4.79 Å². The molecule has 0 atom stereocenters. The Morgan fingerprint density at radius 3 is 2.94 bits per heavy atom. The minimum absolute atomic E-state index is 0.0192. The molecule has 1 rings (SSSR count). The largest absolute Gasteiger partial charge is 0.385 e. The van der Waals surface area contributed by atoms with Crippen molar-refractivity contribution >= 4 is 22.9 Å². The van der Waals surface area contributed by atoms with Crippen molar-refractivity contribution < 1.29 is 9.53 Å². The summed E-state index contributed by atoms with van der Waals surface area (Å²) in [6.07, 6.45) is 3.46. The first-order valence-electron chi connectivity index (χ1n) is 6.27. The lowest BCUT2D eigenvalue weighted by Gasteiger charge is -2.06. The molecule has 0 aliphatic carbocycles. The van der Waals surface area contributed by atoms with Crippen LogP contribution < -0.4 is 10.6 Å². The topological polar surface area (TPSA) is 50.4 Å². The third-order valence-electron chi connectivity index (χ3n) is 2.54. The number of rotatable bonds is 9. The second kappa shape index (κ2) is 9.08. The summed E-state index contributed by atoms with van der Waals surface area (Å²) in [4.78, 5) is 12.2. The molecule has 0 saturated carbocycles. The van der Waals surface area contributed by atoms with Crippen molar-refractivity contribution in [2.75, 3.05) is 25.6 Å². The van der Waals surface area contributed by atoms with Crippen LogP contribution in [0, 0.1) is 0 Å². The van der Waals surface area contributed by atoms with Gasteiger partial charge in [0.15, 0.2) is 0 Å². The summed E-state index contributed by atoms with van der Waals surface area (Å²) in [5, 5.41) is 8.23. The van der Waals surface area contributed by atoms with Gasteiger partial charge in [-0.15, -0.1) is 11.3 Å². The van der Waals surface area contributed by atoms with E-state index in [0.29, 0.717) is 0 Å². The molecule has 2 N–H and O–H groups in total. The van der Waals surface area contributed by atoms with E-state index in [9.17, 15) is 4.79 Å². The molecule has 0 bridgehead atoms. The van der Waals surface area contributed by atoms with Gasteiger partial charge in [0.1, 0.15) is 0 Å². The summed E-state index contributed by atoms with van der Waals surface area (Å²) < 4.78 is 5.00. The van der Waals surface area contributed by atoms with Gasteiger partial charge in [0.2, 0.25) is 5.91 Å². The molecule has 18 heavy (non-hydrogen) atoms. The number of unbranched alkanes of at least 4 members (excludes halogenated alkanes) is 2. The number of carbonyl (C=O) groups is 1. The van der Waals surface area contributed by atoms with Gasteiger partial charge in [-0.05, 0) is 37.3 Å². The van der Waals surface area contributed by atoms with E-state index in [0.717, 1.165) is 38.2 Å². The Hall–Kier alpha value is -0.910. The van der Waals surface area contributed by atoms with E-state index in [1.54, 1.807) is 18.4 Å². The average Bonchev–Trinajstić information content (AvgIpc) is 2.75. The van der Waals surface area contributed by atoms with Crippen LogP contribution >= 0.6 is 11.3 Å². The number of thiophene rings is 1. The van der Waals surface area contributed by atoms with E-state index < -0.39 is 0 Å². The van der Waals surface area contributed by atoms with Crippen LogP contribution in [-0.4, -0.2) is 26.2 Å². The first kappa shape index (κ1) is 15.1. The Kier molecular flexibility index (Phi) is 7.64. The van der Waals surface area contributed by atoms with Gasteiger partial charge in [-0.2, -0.15) is 0 Å². The van der Waals surface area contributed by atoms with E-state index in [1.807, 2.05) is 11.4 Å². The number of anilines is 1. The van der Waals surface area contributed by atoms with E-state index >= 15 is 0 Å². The van der Waals surface area contributed by atoms with Crippen LogP contribution in [-0.2, 0) is 16.1 Å². The lowest BCUT2D eigenvalue weighted by atomic mass is 10.2. The van der Waals surface area contributed by atoms with E-state index in [1.165, 1.54) is 18.2 Å². The molecule has 5 heteroatoms. The zero-order valence-corrected chi connectivity index (χ0v) is 11.9. The summed E-state index contributed by atoms with van der Waals surface area (Å²) in [6.45, 7) is 4.20. The highest BCUT2D eigenvalue weighted by atomic mass is 32.1. The maximum Gasteiger partial charge on any atom is 0.221 e. The van der Waals surface area contributed by atoms with E-state index in [2.05, 4.69) is 10.6 Å². The standard InChI is InChI=1S/C13H22N2O2S/c1-11(16)15-12-6-9-18-13(12)10-14-7-4-3-5-8-17-2/h6,9,14H,3-5,7-8,10H2,1-2H3,(H,15,16). The smallest absolute Gasteiger partial charge is 0.221 e. The van der Waals surface area contributed by atoms with Gasteiger partial charge in [0.25, 0.3) is 0 Å². The SMILES string of the molecule is COCCCCCNCc1sccc1NC(C)=O. The third kappa shape index (κ3) is 6.14. The summed E-state index contributed by atoms with van der Waals surface area (Å²) in [6, 6.07) is 1.95. The van der Waals surface area contributed by atoms with Crippen LogP contribution in [0.25, 0.3) is 0 Å². The van der Waals surface area contributed by atoms with E-state index in [-0.39, 0.29) is 5.91 Å². The molecule has 0 spiro atoms. The Bertz CT molecular complexity index is 353. The fourth-order valence-electron chi connectivity index (χ4n) is 1.65. The van der Waals surface area contributed by atoms with Crippen molar-refractivity contribution in [2.45, 2.75) is 32.7 Å². The van der Waals surface area contributed by atoms with Gasteiger partial charge in [0, 0.05) is 32.1 Å². The Morgan fingerprint density at radius 2 is 2.22 bits per heavy atom. The highest BCUT2D eigenvalue weighted by Crippen LogP contribution is 2.21. The fraction of sp³-hybridized carbons (Fsp3) is 0.615. The first-order valence-corrected chi connectivity index (χ1v) is 7.15. The molecule has 4 nitrogen and oxygen atoms in total. The van der Waals surface area contributed by atoms with Crippen LogP contribution in [0.1, 0.15) is 31.1 Å². The van der Waals surface area contributed by atoms with Gasteiger partial charge in [-0.1, -0.05) is 0 Å². The molecule has 0 aliphatic heterocycles. The summed E-state index contributed by atoms with van der Waals surface area (Å²) >= 11 is 1.67. The second-order valence-corrected chi connectivity index (χ2v) is 5.17. The number of hydrogen-bond donors (Lipinski definition) is 2. The average molecular weight is 270 g/mol. The number of methoxy groups -OCH3 is 1. The van der Waals surface area contributed by atoms with E-state index in [4.69, 9.17) is 4.74 Å². The molecule has 0 aliphatic rings. The lowest BCUT2D eigenvalue weighted by Crippen LogP contribution is -2.15. The van der Waals surface area contributed by atoms with Crippen molar-refractivity contribution in [3.8, 4) is 0 Å². The van der Waals surface area contributed by atoms with Crippen LogP contribution in [0.3, 0.4) is 0 Å². The molecule has 0 unspecified atom stereocenters. The Morgan fingerprint density at radius 1 is 1.39 bits per heavy atom. The molecule has 1 amide bonds. The number of ether oxygens (including phenoxy) is 1. The molecule has 1 heterocycles. The first-order chi connectivity index (χ1) is 8.74. The lowest BCUT2D eigenvalue weighted by molar-refractivity contribution is -0.114. The van der Waals surface area contributed by atoms with Crippen molar-refractivity contribution in [1.29, 1.82) is 0 Å². The normalized spacial score (nSPS) is 10.6. The van der Waals surface area contributed by atoms with Crippen LogP contribution in [0.15, 0.2) is 11.4 Å². The quantitative estimate of drug-likeness (QED) is 0.678. The van der Waals surface area contributed by atoms with Gasteiger partial charge < -0.3 is 15.4 Å². The van der Waals surface area contributed by atoms with Crippen LogP contribution in [0.2, 0.25) is 0 Å². The molecule has 1 aromatic heterocycles. The van der Waals surface area contributed by atoms with Crippen LogP contribution in [0.5, 0.6) is 0 Å². The Balaban J connectivity index is 2.15. The van der Waals surface area contributed by atoms with Crippen molar-refractivity contribution in [2.24, 2.45) is 0 Å². The monoisotopic (exact) mass is 270 g/mol. The Labute approximate surface area is 113 Å². The summed E-state index contributed by atoms with van der Waals surface area (Å²) in [5.41, 5.74) is 0.930. The molecule has 102 valence electrons. The highest BCUT2D eigenvalue weighted by Gasteiger charge is 2.04. The minimum atomic E-state index is -0.0192. The third-order valence-corrected chi connectivity index (χ3v) is 3.46. The van der Waals surface area contributed by atoms with Gasteiger partial charge >= 0.3 is 0 Å². The molecule has 0 aromatic carbocycles.